The molecule has 37 heavy (non-hydrogen) atoms. The predicted octanol–water partition coefficient (Wildman–Crippen LogP) is 5.70. The van der Waals surface area contributed by atoms with Crippen LogP contribution in [0.4, 0.5) is 10.2 Å². The molecule has 0 bridgehead atoms. The second-order valence-corrected chi connectivity index (χ2v) is 11.8. The molecule has 1 aliphatic heterocycles. The second-order valence-electron chi connectivity index (χ2n) is 10.7. The van der Waals surface area contributed by atoms with Gasteiger partial charge in [0.1, 0.15) is 18.2 Å². The van der Waals surface area contributed by atoms with E-state index in [0.717, 1.165) is 28.8 Å². The first-order valence-electron chi connectivity index (χ1n) is 12.7. The molecule has 0 spiro atoms. The highest BCUT2D eigenvalue weighted by molar-refractivity contribution is 8.00. The summed E-state index contributed by atoms with van der Waals surface area (Å²) >= 11 is 1.54. The molecule has 196 valence electrons. The molecule has 0 saturated heterocycles. The third-order valence-corrected chi connectivity index (χ3v) is 7.77. The Morgan fingerprint density at radius 2 is 1.95 bits per heavy atom. The molecule has 1 aromatic heterocycles. The summed E-state index contributed by atoms with van der Waals surface area (Å²) in [6, 6.07) is 14.4. The van der Waals surface area contributed by atoms with E-state index in [1.807, 2.05) is 32.9 Å². The maximum absolute atomic E-state index is 14.4. The van der Waals surface area contributed by atoms with Crippen LogP contribution in [0.3, 0.4) is 0 Å². The minimum Gasteiger partial charge on any atom is -0.352 e. The molecule has 3 aromatic rings. The van der Waals surface area contributed by atoms with Gasteiger partial charge in [0.15, 0.2) is 0 Å². The summed E-state index contributed by atoms with van der Waals surface area (Å²) in [6.45, 7) is 12.1. The van der Waals surface area contributed by atoms with Crippen LogP contribution in [-0.4, -0.2) is 39.9 Å². The van der Waals surface area contributed by atoms with Crippen LogP contribution in [0.15, 0.2) is 48.5 Å². The number of hydrogen-bond acceptors (Lipinski definition) is 4. The van der Waals surface area contributed by atoms with Crippen LogP contribution in [-0.2, 0) is 15.0 Å². The van der Waals surface area contributed by atoms with Crippen LogP contribution in [0, 0.1) is 12.7 Å². The van der Waals surface area contributed by atoms with E-state index in [2.05, 4.69) is 38.2 Å². The molecule has 2 aromatic carbocycles. The molecular weight excluding hydrogens is 487 g/mol. The minimum atomic E-state index is -0.398. The van der Waals surface area contributed by atoms with Crippen molar-refractivity contribution in [2.45, 2.75) is 64.7 Å². The minimum absolute atomic E-state index is 0.0123. The van der Waals surface area contributed by atoms with Gasteiger partial charge in [-0.3, -0.25) is 14.5 Å². The van der Waals surface area contributed by atoms with Gasteiger partial charge in [-0.15, -0.1) is 11.8 Å². The lowest BCUT2D eigenvalue weighted by Crippen LogP contribution is -2.44. The van der Waals surface area contributed by atoms with Crippen molar-refractivity contribution < 1.29 is 14.0 Å². The van der Waals surface area contributed by atoms with Gasteiger partial charge in [-0.2, -0.15) is 5.10 Å². The molecule has 4 rings (SSSR count). The van der Waals surface area contributed by atoms with Crippen LogP contribution in [0.2, 0.25) is 0 Å². The van der Waals surface area contributed by atoms with Crippen molar-refractivity contribution in [3.05, 3.63) is 76.7 Å². The molecule has 1 N–H and O–H groups in total. The van der Waals surface area contributed by atoms with Crippen LogP contribution in [0.1, 0.15) is 68.7 Å². The monoisotopic (exact) mass is 522 g/mol. The number of nitrogens with zero attached hydrogens (tertiary/aromatic N) is 3. The second kappa shape index (κ2) is 10.7. The van der Waals surface area contributed by atoms with E-state index in [1.165, 1.54) is 28.8 Å². The Kier molecular flexibility index (Phi) is 7.78. The van der Waals surface area contributed by atoms with Crippen LogP contribution < -0.4 is 10.2 Å². The standard InChI is InChI=1S/C29H35FN4O2S/c1-7-19(3)31-23(35)16-33-24(36)17-37-26(20-11-8-10-18(2)14-20)25-27(29(4,5)6)32-34(28(25)33)22-13-9-12-21(30)15-22/h8-15,19,26H,7,16-17H2,1-6H3,(H,31,35)/t19-,26+/m1/s1. The summed E-state index contributed by atoms with van der Waals surface area (Å²) < 4.78 is 16.0. The summed E-state index contributed by atoms with van der Waals surface area (Å²) in [5, 5.41) is 7.79. The number of aromatic nitrogens is 2. The molecule has 0 fully saturated rings. The Balaban J connectivity index is 1.99. The van der Waals surface area contributed by atoms with Crippen molar-refractivity contribution in [1.29, 1.82) is 0 Å². The predicted molar refractivity (Wildman–Crippen MR) is 148 cm³/mol. The third-order valence-electron chi connectivity index (χ3n) is 6.52. The zero-order valence-corrected chi connectivity index (χ0v) is 23.2. The van der Waals surface area contributed by atoms with Gasteiger partial charge in [0.2, 0.25) is 11.8 Å². The number of aryl methyl sites for hydroxylation is 1. The SMILES string of the molecule is CC[C@@H](C)NC(=O)CN1C(=O)CS[C@@H](c2cccc(C)c2)c2c(C(C)(C)C)nn(-c3cccc(F)c3)c21. The molecule has 0 radical (unpaired) electrons. The van der Waals surface area contributed by atoms with Gasteiger partial charge in [0, 0.05) is 17.0 Å². The molecule has 0 aliphatic carbocycles. The summed E-state index contributed by atoms with van der Waals surface area (Å²) in [5.41, 5.74) is 4.01. The van der Waals surface area contributed by atoms with Crippen molar-refractivity contribution in [3.8, 4) is 5.69 Å². The quantitative estimate of drug-likeness (QED) is 0.451. The average molecular weight is 523 g/mol. The maximum atomic E-state index is 14.4. The van der Waals surface area contributed by atoms with E-state index in [4.69, 9.17) is 5.10 Å². The Labute approximate surface area is 222 Å². The highest BCUT2D eigenvalue weighted by Gasteiger charge is 2.40. The van der Waals surface area contributed by atoms with Crippen molar-refractivity contribution >= 4 is 29.4 Å². The number of fused-ring (bicyclic) bond motifs is 1. The van der Waals surface area contributed by atoms with Crippen molar-refractivity contribution in [2.24, 2.45) is 0 Å². The van der Waals surface area contributed by atoms with Gasteiger partial charge in [-0.05, 0) is 44.0 Å². The topological polar surface area (TPSA) is 67.2 Å². The van der Waals surface area contributed by atoms with Gasteiger partial charge in [-0.25, -0.2) is 9.07 Å². The van der Waals surface area contributed by atoms with E-state index in [-0.39, 0.29) is 40.8 Å². The lowest BCUT2D eigenvalue weighted by Gasteiger charge is -2.25. The van der Waals surface area contributed by atoms with Gasteiger partial charge >= 0.3 is 0 Å². The molecular formula is C29H35FN4O2S. The molecule has 8 heteroatoms. The number of thioether (sulfide) groups is 1. The zero-order chi connectivity index (χ0) is 26.9. The average Bonchev–Trinajstić information content (AvgIpc) is 3.17. The molecule has 2 atom stereocenters. The molecule has 0 unspecified atom stereocenters. The summed E-state index contributed by atoms with van der Waals surface area (Å²) in [7, 11) is 0. The van der Waals surface area contributed by atoms with Gasteiger partial charge in [0.05, 0.1) is 22.4 Å². The van der Waals surface area contributed by atoms with Crippen molar-refractivity contribution in [1.82, 2.24) is 15.1 Å². The van der Waals surface area contributed by atoms with E-state index in [9.17, 15) is 14.0 Å². The molecule has 2 amide bonds. The van der Waals surface area contributed by atoms with E-state index in [0.29, 0.717) is 11.5 Å². The lowest BCUT2D eigenvalue weighted by atomic mass is 9.87. The van der Waals surface area contributed by atoms with E-state index >= 15 is 0 Å². The fourth-order valence-electron chi connectivity index (χ4n) is 4.52. The van der Waals surface area contributed by atoms with Crippen LogP contribution in [0.5, 0.6) is 0 Å². The summed E-state index contributed by atoms with van der Waals surface area (Å²) in [5.74, 6) is -0.0897. The number of nitrogens with one attached hydrogen (secondary N) is 1. The highest BCUT2D eigenvalue weighted by Crippen LogP contribution is 2.48. The lowest BCUT2D eigenvalue weighted by molar-refractivity contribution is -0.123. The first kappa shape index (κ1) is 26.9. The number of carbonyl (C=O) groups is 2. The van der Waals surface area contributed by atoms with Crippen LogP contribution in [0.25, 0.3) is 5.69 Å². The number of benzene rings is 2. The van der Waals surface area contributed by atoms with Gasteiger partial charge < -0.3 is 5.32 Å². The fourth-order valence-corrected chi connectivity index (χ4v) is 5.71. The first-order valence-corrected chi connectivity index (χ1v) is 13.7. The molecule has 6 nitrogen and oxygen atoms in total. The molecule has 0 saturated carbocycles. The van der Waals surface area contributed by atoms with Crippen LogP contribution >= 0.6 is 11.8 Å². The van der Waals surface area contributed by atoms with E-state index < -0.39 is 5.82 Å². The number of rotatable bonds is 6. The largest absolute Gasteiger partial charge is 0.352 e. The summed E-state index contributed by atoms with van der Waals surface area (Å²) in [6.07, 6.45) is 0.783. The number of carbonyl (C=O) groups excluding carboxylic acids is 2. The Morgan fingerprint density at radius 1 is 1.22 bits per heavy atom. The molecule has 1 aliphatic rings. The Hall–Kier alpha value is -3.13. The van der Waals surface area contributed by atoms with Gasteiger partial charge in [-0.1, -0.05) is 63.6 Å². The Morgan fingerprint density at radius 3 is 2.59 bits per heavy atom. The normalized spacial score (nSPS) is 16.8. The number of hydrogen-bond donors (Lipinski definition) is 1. The number of anilines is 1. The number of amides is 2. The zero-order valence-electron chi connectivity index (χ0n) is 22.3. The number of halogens is 1. The third kappa shape index (κ3) is 5.74. The highest BCUT2D eigenvalue weighted by atomic mass is 32.2. The Bertz CT molecular complexity index is 1310. The van der Waals surface area contributed by atoms with Crippen molar-refractivity contribution in [2.75, 3.05) is 17.2 Å². The molecule has 2 heterocycles. The fraction of sp³-hybridized carbons (Fsp3) is 0.414. The summed E-state index contributed by atoms with van der Waals surface area (Å²) in [4.78, 5) is 28.2. The van der Waals surface area contributed by atoms with Gasteiger partial charge in [0.25, 0.3) is 0 Å². The van der Waals surface area contributed by atoms with Crippen molar-refractivity contribution in [3.63, 3.8) is 0 Å². The smallest absolute Gasteiger partial charge is 0.240 e. The maximum Gasteiger partial charge on any atom is 0.240 e. The first-order chi connectivity index (χ1) is 17.5. The van der Waals surface area contributed by atoms with E-state index in [1.54, 1.807) is 16.8 Å².